The molecule has 0 fully saturated rings. The number of aromatic nitrogens is 3. The quantitative estimate of drug-likeness (QED) is 0.888. The van der Waals surface area contributed by atoms with Crippen LogP contribution >= 0.6 is 11.6 Å². The molecule has 0 aromatic carbocycles. The van der Waals surface area contributed by atoms with Crippen molar-refractivity contribution in [2.45, 2.75) is 39.8 Å². The summed E-state index contributed by atoms with van der Waals surface area (Å²) in [6, 6.07) is 2.09. The second-order valence-corrected chi connectivity index (χ2v) is 5.23. The summed E-state index contributed by atoms with van der Waals surface area (Å²) in [5.41, 5.74) is 3.38. The van der Waals surface area contributed by atoms with Crippen molar-refractivity contribution in [1.82, 2.24) is 20.1 Å². The van der Waals surface area contributed by atoms with Crippen molar-refractivity contribution >= 4 is 11.6 Å². The summed E-state index contributed by atoms with van der Waals surface area (Å²) in [5.74, 6) is 0. The number of nitrogens with one attached hydrogen (secondary N) is 1. The Morgan fingerprint density at radius 3 is 2.80 bits per heavy atom. The summed E-state index contributed by atoms with van der Waals surface area (Å²) >= 11 is 6.37. The molecule has 0 saturated heterocycles. The smallest absolute Gasteiger partial charge is 0.0837 e. The molecule has 0 saturated carbocycles. The Balaban J connectivity index is 2.49. The fourth-order valence-corrected chi connectivity index (χ4v) is 2.67. The van der Waals surface area contributed by atoms with E-state index in [1.165, 1.54) is 5.56 Å². The molecule has 108 valence electrons. The van der Waals surface area contributed by atoms with E-state index in [-0.39, 0.29) is 6.04 Å². The first-order valence-corrected chi connectivity index (χ1v) is 7.41. The Kier molecular flexibility index (Phi) is 5.15. The number of rotatable bonds is 6. The maximum Gasteiger partial charge on any atom is 0.0837 e. The van der Waals surface area contributed by atoms with Crippen LogP contribution in [0.3, 0.4) is 0 Å². The first-order chi connectivity index (χ1) is 9.69. The van der Waals surface area contributed by atoms with Crippen LogP contribution < -0.4 is 5.32 Å². The van der Waals surface area contributed by atoms with Crippen molar-refractivity contribution in [3.05, 3.63) is 46.5 Å². The fraction of sp³-hybridized carbons (Fsp3) is 0.467. The highest BCUT2D eigenvalue weighted by molar-refractivity contribution is 6.31. The fourth-order valence-electron chi connectivity index (χ4n) is 2.42. The summed E-state index contributed by atoms with van der Waals surface area (Å²) in [6.07, 6.45) is 6.46. The third kappa shape index (κ3) is 3.02. The zero-order valence-electron chi connectivity index (χ0n) is 12.2. The van der Waals surface area contributed by atoms with Crippen molar-refractivity contribution in [3.63, 3.8) is 0 Å². The monoisotopic (exact) mass is 292 g/mol. The first kappa shape index (κ1) is 15.0. The molecule has 0 spiro atoms. The van der Waals surface area contributed by atoms with Crippen LogP contribution in [0.25, 0.3) is 0 Å². The molecule has 2 aromatic heterocycles. The maximum absolute atomic E-state index is 6.37. The van der Waals surface area contributed by atoms with E-state index in [4.69, 9.17) is 11.6 Å². The van der Waals surface area contributed by atoms with E-state index in [9.17, 15) is 0 Å². The van der Waals surface area contributed by atoms with E-state index in [0.29, 0.717) is 5.02 Å². The molecule has 2 aromatic rings. The zero-order valence-corrected chi connectivity index (χ0v) is 13.0. The second-order valence-electron chi connectivity index (χ2n) is 4.82. The average Bonchev–Trinajstić information content (AvgIpc) is 2.79. The molecule has 2 rings (SSSR count). The molecular formula is C15H21ClN4. The number of nitrogens with zero attached hydrogens (tertiary/aromatic N) is 3. The number of hydrogen-bond donors (Lipinski definition) is 1. The molecule has 1 unspecified atom stereocenters. The Bertz CT molecular complexity index is 565. The van der Waals surface area contributed by atoms with E-state index in [0.717, 1.165) is 30.8 Å². The molecule has 0 radical (unpaired) electrons. The largest absolute Gasteiger partial charge is 0.305 e. The van der Waals surface area contributed by atoms with E-state index in [1.807, 2.05) is 23.1 Å². The highest BCUT2D eigenvalue weighted by Gasteiger charge is 2.22. The van der Waals surface area contributed by atoms with Gasteiger partial charge in [-0.05, 0) is 37.1 Å². The van der Waals surface area contributed by atoms with Crippen molar-refractivity contribution in [2.75, 3.05) is 6.54 Å². The van der Waals surface area contributed by atoms with Crippen LogP contribution in [-0.2, 0) is 6.54 Å². The normalized spacial score (nSPS) is 12.6. The number of pyridine rings is 1. The van der Waals surface area contributed by atoms with Gasteiger partial charge in [-0.25, -0.2) is 0 Å². The molecule has 1 atom stereocenters. The van der Waals surface area contributed by atoms with Crippen LogP contribution in [0.1, 0.15) is 43.1 Å². The molecule has 0 aliphatic carbocycles. The number of hydrogen-bond acceptors (Lipinski definition) is 3. The molecule has 0 aliphatic rings. The van der Waals surface area contributed by atoms with Crippen LogP contribution in [0.15, 0.2) is 24.7 Å². The molecule has 2 heterocycles. The van der Waals surface area contributed by atoms with Gasteiger partial charge in [0.05, 0.1) is 23.0 Å². The van der Waals surface area contributed by atoms with Crippen molar-refractivity contribution in [3.8, 4) is 0 Å². The molecule has 5 heteroatoms. The highest BCUT2D eigenvalue weighted by atomic mass is 35.5. The number of aryl methyl sites for hydroxylation is 2. The summed E-state index contributed by atoms with van der Waals surface area (Å²) in [6.45, 7) is 8.03. The molecule has 20 heavy (non-hydrogen) atoms. The van der Waals surface area contributed by atoms with Gasteiger partial charge in [0.2, 0.25) is 0 Å². The van der Waals surface area contributed by atoms with Gasteiger partial charge in [-0.3, -0.25) is 9.67 Å². The van der Waals surface area contributed by atoms with Gasteiger partial charge < -0.3 is 5.32 Å². The summed E-state index contributed by atoms with van der Waals surface area (Å²) < 4.78 is 2.00. The predicted octanol–water partition coefficient (Wildman–Crippen LogP) is 3.35. The van der Waals surface area contributed by atoms with E-state index >= 15 is 0 Å². The van der Waals surface area contributed by atoms with Gasteiger partial charge in [-0.1, -0.05) is 25.4 Å². The molecule has 0 aliphatic heterocycles. The van der Waals surface area contributed by atoms with Gasteiger partial charge in [-0.2, -0.15) is 5.10 Å². The maximum atomic E-state index is 6.37. The van der Waals surface area contributed by atoms with E-state index in [2.05, 4.69) is 36.2 Å². The van der Waals surface area contributed by atoms with Crippen LogP contribution in [0.5, 0.6) is 0 Å². The lowest BCUT2D eigenvalue weighted by Gasteiger charge is -2.22. The Hall–Kier alpha value is -1.39. The summed E-state index contributed by atoms with van der Waals surface area (Å²) in [5, 5.41) is 8.61. The lowest BCUT2D eigenvalue weighted by Crippen LogP contribution is -2.26. The molecule has 1 N–H and O–H groups in total. The van der Waals surface area contributed by atoms with Crippen LogP contribution in [0, 0.1) is 6.92 Å². The lowest BCUT2D eigenvalue weighted by atomic mass is 10.0. The Labute approximate surface area is 125 Å². The highest BCUT2D eigenvalue weighted by Crippen LogP contribution is 2.29. The van der Waals surface area contributed by atoms with Gasteiger partial charge in [0.15, 0.2) is 0 Å². The lowest BCUT2D eigenvalue weighted by molar-refractivity contribution is 0.519. The van der Waals surface area contributed by atoms with E-state index < -0.39 is 0 Å². The summed E-state index contributed by atoms with van der Waals surface area (Å²) in [7, 11) is 0. The minimum absolute atomic E-state index is 0.0459. The summed E-state index contributed by atoms with van der Waals surface area (Å²) in [4.78, 5) is 4.17. The van der Waals surface area contributed by atoms with Crippen LogP contribution in [0.2, 0.25) is 5.02 Å². The van der Waals surface area contributed by atoms with Gasteiger partial charge in [0, 0.05) is 18.9 Å². The molecule has 0 amide bonds. The van der Waals surface area contributed by atoms with Gasteiger partial charge in [0.1, 0.15) is 0 Å². The average molecular weight is 293 g/mol. The van der Waals surface area contributed by atoms with Crippen LogP contribution in [-0.4, -0.2) is 21.3 Å². The van der Waals surface area contributed by atoms with Crippen LogP contribution in [0.4, 0.5) is 0 Å². The van der Waals surface area contributed by atoms with Crippen molar-refractivity contribution in [2.24, 2.45) is 0 Å². The zero-order chi connectivity index (χ0) is 14.5. The minimum Gasteiger partial charge on any atom is -0.305 e. The predicted molar refractivity (Wildman–Crippen MR) is 82.0 cm³/mol. The molecule has 0 bridgehead atoms. The molecule has 4 nitrogen and oxygen atoms in total. The SMILES string of the molecule is CCCn1ncc(Cl)c1C(NCC)c1ccncc1C. The van der Waals surface area contributed by atoms with Crippen molar-refractivity contribution in [1.29, 1.82) is 0 Å². The Morgan fingerprint density at radius 1 is 1.35 bits per heavy atom. The third-order valence-corrected chi connectivity index (χ3v) is 3.62. The van der Waals surface area contributed by atoms with Crippen molar-refractivity contribution < 1.29 is 0 Å². The number of halogens is 1. The van der Waals surface area contributed by atoms with Gasteiger partial charge in [0.25, 0.3) is 0 Å². The topological polar surface area (TPSA) is 42.7 Å². The van der Waals surface area contributed by atoms with Gasteiger partial charge >= 0.3 is 0 Å². The minimum atomic E-state index is 0.0459. The third-order valence-electron chi connectivity index (χ3n) is 3.33. The molecular weight excluding hydrogens is 272 g/mol. The van der Waals surface area contributed by atoms with E-state index in [1.54, 1.807) is 6.20 Å². The second kappa shape index (κ2) is 6.86. The first-order valence-electron chi connectivity index (χ1n) is 7.04. The van der Waals surface area contributed by atoms with Gasteiger partial charge in [-0.15, -0.1) is 0 Å². The standard InChI is InChI=1S/C15H21ClN4/c1-4-8-20-15(13(16)10-19-20)14(18-5-2)12-6-7-17-9-11(12)3/h6-7,9-10,14,18H,4-5,8H2,1-3H3. The Morgan fingerprint density at radius 2 is 2.15 bits per heavy atom.